The van der Waals surface area contributed by atoms with E-state index in [9.17, 15) is 14.4 Å². The number of carboxylic acid groups (broad SMARTS) is 1. The van der Waals surface area contributed by atoms with Crippen LogP contribution in [0.25, 0.3) is 0 Å². The van der Waals surface area contributed by atoms with Crippen molar-refractivity contribution >= 4 is 23.5 Å². The minimum absolute atomic E-state index is 0.376. The molecular weight excluding hydrogens is 274 g/mol. The van der Waals surface area contributed by atoms with Crippen LogP contribution in [0.4, 0.5) is 5.69 Å². The van der Waals surface area contributed by atoms with Gasteiger partial charge < -0.3 is 15.2 Å². The number of hydrogen-bond acceptors (Lipinski definition) is 4. The molecule has 2 unspecified atom stereocenters. The second-order valence-corrected chi connectivity index (χ2v) is 4.93. The molecule has 1 aromatic rings. The highest BCUT2D eigenvalue weighted by atomic mass is 16.5. The van der Waals surface area contributed by atoms with Crippen LogP contribution in [0.1, 0.15) is 29.8 Å². The summed E-state index contributed by atoms with van der Waals surface area (Å²) >= 11 is 0. The van der Waals surface area contributed by atoms with E-state index in [1.807, 2.05) is 0 Å². The van der Waals surface area contributed by atoms with Gasteiger partial charge in [0.25, 0.3) is 0 Å². The lowest BCUT2D eigenvalue weighted by atomic mass is 9.95. The highest BCUT2D eigenvalue weighted by Crippen LogP contribution is 2.20. The molecule has 2 atom stereocenters. The van der Waals surface area contributed by atoms with E-state index >= 15 is 0 Å². The molecule has 0 radical (unpaired) electrons. The van der Waals surface area contributed by atoms with Crippen LogP contribution in [-0.4, -0.2) is 30.1 Å². The minimum atomic E-state index is -1.02. The normalized spacial score (nSPS) is 13.1. The Labute approximate surface area is 123 Å². The van der Waals surface area contributed by atoms with E-state index in [0.717, 1.165) is 0 Å². The van der Waals surface area contributed by atoms with E-state index in [-0.39, 0.29) is 5.91 Å². The third-order valence-electron chi connectivity index (χ3n) is 3.46. The Bertz CT molecular complexity index is 567. The minimum Gasteiger partial charge on any atom is -0.481 e. The van der Waals surface area contributed by atoms with Gasteiger partial charge in [-0.05, 0) is 30.7 Å². The van der Waals surface area contributed by atoms with E-state index in [1.165, 1.54) is 14.0 Å². The first-order valence-corrected chi connectivity index (χ1v) is 6.50. The van der Waals surface area contributed by atoms with Crippen LogP contribution in [0.5, 0.6) is 0 Å². The van der Waals surface area contributed by atoms with Crippen LogP contribution in [0.15, 0.2) is 18.2 Å². The number of ether oxygens (including phenoxy) is 1. The number of anilines is 1. The third kappa shape index (κ3) is 4.05. The summed E-state index contributed by atoms with van der Waals surface area (Å²) in [6, 6.07) is 4.74. The van der Waals surface area contributed by atoms with Crippen LogP contribution in [-0.2, 0) is 14.3 Å². The number of aliphatic carboxylic acids is 1. The molecule has 0 fully saturated rings. The highest BCUT2D eigenvalue weighted by Gasteiger charge is 2.26. The van der Waals surface area contributed by atoms with Crippen molar-refractivity contribution in [3.63, 3.8) is 0 Å². The fourth-order valence-electron chi connectivity index (χ4n) is 1.74. The van der Waals surface area contributed by atoms with E-state index < -0.39 is 23.8 Å². The van der Waals surface area contributed by atoms with Gasteiger partial charge in [-0.3, -0.25) is 9.59 Å². The molecular formula is C15H19NO5. The van der Waals surface area contributed by atoms with Gasteiger partial charge in [0.05, 0.1) is 18.6 Å². The Morgan fingerprint density at radius 2 is 1.81 bits per heavy atom. The number of hydrogen-bond donors (Lipinski definition) is 2. The van der Waals surface area contributed by atoms with Crippen molar-refractivity contribution in [1.29, 1.82) is 0 Å². The lowest BCUT2D eigenvalue weighted by Gasteiger charge is -2.17. The first-order valence-electron chi connectivity index (χ1n) is 6.50. The van der Waals surface area contributed by atoms with Crippen molar-refractivity contribution in [1.82, 2.24) is 0 Å². The van der Waals surface area contributed by atoms with Gasteiger partial charge >= 0.3 is 11.9 Å². The Kier molecular flexibility index (Phi) is 5.46. The third-order valence-corrected chi connectivity index (χ3v) is 3.46. The molecule has 0 aromatic heterocycles. The van der Waals surface area contributed by atoms with Crippen LogP contribution in [0.3, 0.4) is 0 Å². The molecule has 6 nitrogen and oxygen atoms in total. The predicted octanol–water partition coefficient (Wildman–Crippen LogP) is 2.08. The number of amides is 1. The summed E-state index contributed by atoms with van der Waals surface area (Å²) in [6.07, 6.45) is 0. The molecule has 2 N–H and O–H groups in total. The maximum absolute atomic E-state index is 12.0. The standard InChI is InChI=1S/C15H19NO5/c1-8-7-11(15(20)21-4)5-6-12(8)16-13(17)9(2)10(3)14(18)19/h5-7,9-10H,1-4H3,(H,16,17)(H,18,19). The summed E-state index contributed by atoms with van der Waals surface area (Å²) in [5, 5.41) is 11.6. The van der Waals surface area contributed by atoms with Crippen LogP contribution < -0.4 is 5.32 Å². The molecule has 0 saturated carbocycles. The zero-order valence-electron chi connectivity index (χ0n) is 12.5. The van der Waals surface area contributed by atoms with Gasteiger partial charge in [-0.25, -0.2) is 4.79 Å². The van der Waals surface area contributed by atoms with Gasteiger partial charge in [-0.1, -0.05) is 13.8 Å². The number of nitrogens with one attached hydrogen (secondary N) is 1. The van der Waals surface area contributed by atoms with E-state index in [1.54, 1.807) is 32.0 Å². The fraction of sp³-hybridized carbons (Fsp3) is 0.400. The maximum atomic E-state index is 12.0. The summed E-state index contributed by atoms with van der Waals surface area (Å²) in [4.78, 5) is 34.3. The van der Waals surface area contributed by atoms with Crippen molar-refractivity contribution in [2.24, 2.45) is 11.8 Å². The first-order chi connectivity index (χ1) is 9.77. The molecule has 1 amide bonds. The Morgan fingerprint density at radius 3 is 2.29 bits per heavy atom. The summed E-state index contributed by atoms with van der Waals surface area (Å²) < 4.78 is 4.62. The number of aryl methyl sites for hydroxylation is 1. The molecule has 0 saturated heterocycles. The molecule has 0 aliphatic heterocycles. The fourth-order valence-corrected chi connectivity index (χ4v) is 1.74. The first kappa shape index (κ1) is 16.7. The second kappa shape index (κ2) is 6.88. The average molecular weight is 293 g/mol. The van der Waals surface area contributed by atoms with Crippen molar-refractivity contribution in [3.05, 3.63) is 29.3 Å². The number of rotatable bonds is 5. The number of carboxylic acids is 1. The van der Waals surface area contributed by atoms with Gasteiger partial charge in [0.2, 0.25) is 5.91 Å². The number of methoxy groups -OCH3 is 1. The molecule has 1 rings (SSSR count). The monoisotopic (exact) mass is 293 g/mol. The van der Waals surface area contributed by atoms with Gasteiger partial charge in [-0.2, -0.15) is 0 Å². The largest absolute Gasteiger partial charge is 0.481 e. The number of esters is 1. The number of benzene rings is 1. The summed E-state index contributed by atoms with van der Waals surface area (Å²) in [5.41, 5.74) is 1.62. The molecule has 0 bridgehead atoms. The second-order valence-electron chi connectivity index (χ2n) is 4.93. The molecule has 6 heteroatoms. The van der Waals surface area contributed by atoms with Crippen molar-refractivity contribution < 1.29 is 24.2 Å². The Hall–Kier alpha value is -2.37. The Morgan fingerprint density at radius 1 is 1.19 bits per heavy atom. The molecule has 0 spiro atoms. The van der Waals surface area contributed by atoms with E-state index in [4.69, 9.17) is 5.11 Å². The van der Waals surface area contributed by atoms with E-state index in [0.29, 0.717) is 16.8 Å². The van der Waals surface area contributed by atoms with Gasteiger partial charge in [0, 0.05) is 11.6 Å². The Balaban J connectivity index is 2.86. The van der Waals surface area contributed by atoms with Crippen LogP contribution in [0.2, 0.25) is 0 Å². The lowest BCUT2D eigenvalue weighted by molar-refractivity contribution is -0.145. The SMILES string of the molecule is COC(=O)c1ccc(NC(=O)C(C)C(C)C(=O)O)c(C)c1. The summed E-state index contributed by atoms with van der Waals surface area (Å²) in [7, 11) is 1.29. The van der Waals surface area contributed by atoms with Gasteiger partial charge in [0.1, 0.15) is 0 Å². The molecule has 0 aliphatic carbocycles. The van der Waals surface area contributed by atoms with Crippen LogP contribution >= 0.6 is 0 Å². The molecule has 21 heavy (non-hydrogen) atoms. The highest BCUT2D eigenvalue weighted by molar-refractivity contribution is 5.96. The van der Waals surface area contributed by atoms with E-state index in [2.05, 4.69) is 10.1 Å². The topological polar surface area (TPSA) is 92.7 Å². The van der Waals surface area contributed by atoms with Crippen molar-refractivity contribution in [2.75, 3.05) is 12.4 Å². The zero-order chi connectivity index (χ0) is 16.2. The van der Waals surface area contributed by atoms with Crippen molar-refractivity contribution in [2.45, 2.75) is 20.8 Å². The smallest absolute Gasteiger partial charge is 0.337 e. The van der Waals surface area contributed by atoms with Gasteiger partial charge in [0.15, 0.2) is 0 Å². The zero-order valence-corrected chi connectivity index (χ0v) is 12.5. The van der Waals surface area contributed by atoms with Gasteiger partial charge in [-0.15, -0.1) is 0 Å². The summed E-state index contributed by atoms with van der Waals surface area (Å²) in [5.74, 6) is -3.29. The molecule has 0 aliphatic rings. The van der Waals surface area contributed by atoms with Crippen LogP contribution in [0, 0.1) is 18.8 Å². The number of carbonyl (C=O) groups excluding carboxylic acids is 2. The maximum Gasteiger partial charge on any atom is 0.337 e. The lowest BCUT2D eigenvalue weighted by Crippen LogP contribution is -2.30. The summed E-state index contributed by atoms with van der Waals surface area (Å²) in [6.45, 7) is 4.79. The number of carbonyl (C=O) groups is 3. The molecule has 0 heterocycles. The molecule has 114 valence electrons. The average Bonchev–Trinajstić information content (AvgIpc) is 2.46. The quantitative estimate of drug-likeness (QED) is 0.811. The predicted molar refractivity (Wildman–Crippen MR) is 77.1 cm³/mol. The molecule has 1 aromatic carbocycles. The van der Waals surface area contributed by atoms with Crippen molar-refractivity contribution in [3.8, 4) is 0 Å².